The number of hydrogen-bond donors (Lipinski definition) is 1. The highest BCUT2D eigenvalue weighted by Crippen LogP contribution is 2.46. The number of hydrogen-bond acceptors (Lipinski definition) is 7. The van der Waals surface area contributed by atoms with Crippen LogP contribution in [0.25, 0.3) is 11.0 Å². The zero-order valence-corrected chi connectivity index (χ0v) is 19.5. The van der Waals surface area contributed by atoms with Gasteiger partial charge in [-0.1, -0.05) is 18.2 Å². The van der Waals surface area contributed by atoms with Crippen molar-refractivity contribution < 1.29 is 28.6 Å². The Morgan fingerprint density at radius 1 is 1.06 bits per heavy atom. The molecule has 4 aromatic rings. The Kier molecular flexibility index (Phi) is 5.37. The number of aryl methyl sites for hydroxylation is 1. The molecule has 0 saturated heterocycles. The normalized spacial score (nSPS) is 15.9. The minimum Gasteiger partial charge on any atom is -0.503 e. The van der Waals surface area contributed by atoms with Gasteiger partial charge in [-0.25, -0.2) is 0 Å². The van der Waals surface area contributed by atoms with Crippen molar-refractivity contribution in [3.05, 3.63) is 87.5 Å². The maximum Gasteiger partial charge on any atom is 0.294 e. The molecule has 2 aromatic heterocycles. The largest absolute Gasteiger partial charge is 0.503 e. The fourth-order valence-electron chi connectivity index (χ4n) is 4.17. The second-order valence-corrected chi connectivity index (χ2v) is 8.80. The van der Waals surface area contributed by atoms with Gasteiger partial charge in [-0.15, -0.1) is 11.3 Å². The van der Waals surface area contributed by atoms with Gasteiger partial charge in [0, 0.05) is 28.5 Å². The predicted octanol–water partition coefficient (Wildman–Crippen LogP) is 5.60. The summed E-state index contributed by atoms with van der Waals surface area (Å²) < 4.78 is 16.5. The van der Waals surface area contributed by atoms with Crippen molar-refractivity contribution in [3.8, 4) is 11.5 Å². The SMILES string of the molecule is COc1cc(OC)cc(N2C(=O)C(O)=C(C(=O)c3cc4ccccc4o3)C2c2sccc2C)c1. The molecule has 5 rings (SSSR count). The van der Waals surface area contributed by atoms with E-state index >= 15 is 0 Å². The van der Waals surface area contributed by atoms with Gasteiger partial charge < -0.3 is 19.0 Å². The number of aliphatic hydroxyl groups is 1. The van der Waals surface area contributed by atoms with Gasteiger partial charge in [0.1, 0.15) is 23.1 Å². The third kappa shape index (κ3) is 3.43. The number of furan rings is 1. The molecule has 1 aliphatic rings. The van der Waals surface area contributed by atoms with Crippen LogP contribution in [0.2, 0.25) is 0 Å². The van der Waals surface area contributed by atoms with E-state index in [0.29, 0.717) is 22.8 Å². The van der Waals surface area contributed by atoms with E-state index in [1.807, 2.05) is 36.6 Å². The lowest BCUT2D eigenvalue weighted by molar-refractivity contribution is -0.117. The van der Waals surface area contributed by atoms with Crippen LogP contribution in [0.15, 0.2) is 75.7 Å². The maximum atomic E-state index is 13.7. The monoisotopic (exact) mass is 475 g/mol. The van der Waals surface area contributed by atoms with Gasteiger partial charge in [-0.2, -0.15) is 0 Å². The molecule has 0 fully saturated rings. The zero-order chi connectivity index (χ0) is 24.0. The number of rotatable bonds is 6. The fraction of sp³-hybridized carbons (Fsp3) is 0.154. The average Bonchev–Trinajstić information content (AvgIpc) is 3.54. The number of Topliss-reactive ketones (excluding diaryl/α,β-unsaturated/α-hetero) is 1. The molecular weight excluding hydrogens is 454 g/mol. The molecule has 0 spiro atoms. The second-order valence-electron chi connectivity index (χ2n) is 7.86. The molecule has 0 bridgehead atoms. The van der Waals surface area contributed by atoms with Gasteiger partial charge >= 0.3 is 0 Å². The van der Waals surface area contributed by atoms with E-state index in [4.69, 9.17) is 13.9 Å². The van der Waals surface area contributed by atoms with Crippen LogP contribution in [0.1, 0.15) is 27.0 Å². The lowest BCUT2D eigenvalue weighted by Crippen LogP contribution is -2.31. The molecule has 0 aliphatic carbocycles. The molecule has 2 aromatic carbocycles. The van der Waals surface area contributed by atoms with E-state index in [1.165, 1.54) is 30.5 Å². The molecule has 8 heteroatoms. The molecule has 3 heterocycles. The minimum atomic E-state index is -0.843. The lowest BCUT2D eigenvalue weighted by Gasteiger charge is -2.27. The molecule has 1 amide bonds. The highest BCUT2D eigenvalue weighted by atomic mass is 32.1. The standard InChI is InChI=1S/C26H21NO6S/c1-14-8-9-34-25(14)22-21(23(28)20-10-15-6-4-5-7-19(15)33-20)24(29)26(30)27(22)16-11-17(31-2)13-18(12-16)32-3/h4-13,22,29H,1-3H3. The van der Waals surface area contributed by atoms with Crippen molar-refractivity contribution in [2.24, 2.45) is 0 Å². The summed E-state index contributed by atoms with van der Waals surface area (Å²) in [5.74, 6) is -0.838. The molecule has 34 heavy (non-hydrogen) atoms. The van der Waals surface area contributed by atoms with Crippen LogP contribution in [0, 0.1) is 6.92 Å². The van der Waals surface area contributed by atoms with Crippen LogP contribution in [0.3, 0.4) is 0 Å². The molecule has 7 nitrogen and oxygen atoms in total. The number of carbonyl (C=O) groups is 2. The summed E-state index contributed by atoms with van der Waals surface area (Å²) in [6, 6.07) is 15.0. The summed E-state index contributed by atoms with van der Waals surface area (Å²) in [5.41, 5.74) is 1.84. The van der Waals surface area contributed by atoms with Crippen LogP contribution in [0.5, 0.6) is 11.5 Å². The minimum absolute atomic E-state index is 0.0311. The number of ketones is 1. The van der Waals surface area contributed by atoms with E-state index in [9.17, 15) is 14.7 Å². The van der Waals surface area contributed by atoms with Gasteiger partial charge in [0.2, 0.25) is 5.78 Å². The first-order chi connectivity index (χ1) is 16.4. The first kappa shape index (κ1) is 21.8. The molecule has 1 atom stereocenters. The quantitative estimate of drug-likeness (QED) is 0.365. The number of aliphatic hydroxyl groups excluding tert-OH is 1. The van der Waals surface area contributed by atoms with Crippen LogP contribution in [-0.4, -0.2) is 31.0 Å². The van der Waals surface area contributed by atoms with E-state index in [-0.39, 0.29) is 11.3 Å². The van der Waals surface area contributed by atoms with Crippen molar-refractivity contribution in [1.29, 1.82) is 0 Å². The maximum absolute atomic E-state index is 13.7. The van der Waals surface area contributed by atoms with Gasteiger partial charge in [0.25, 0.3) is 5.91 Å². The number of benzene rings is 2. The lowest BCUT2D eigenvalue weighted by atomic mass is 9.98. The molecule has 1 aliphatic heterocycles. The zero-order valence-electron chi connectivity index (χ0n) is 18.7. The number of para-hydroxylation sites is 1. The van der Waals surface area contributed by atoms with Crippen molar-refractivity contribution >= 4 is 39.7 Å². The van der Waals surface area contributed by atoms with E-state index in [2.05, 4.69) is 0 Å². The second kappa shape index (κ2) is 8.39. The Morgan fingerprint density at radius 3 is 2.38 bits per heavy atom. The summed E-state index contributed by atoms with van der Waals surface area (Å²) in [5, 5.41) is 13.6. The number of anilines is 1. The van der Waals surface area contributed by atoms with Crippen LogP contribution in [0.4, 0.5) is 5.69 Å². The number of carbonyl (C=O) groups excluding carboxylic acids is 2. The van der Waals surface area contributed by atoms with Crippen molar-refractivity contribution in [3.63, 3.8) is 0 Å². The smallest absolute Gasteiger partial charge is 0.294 e. The highest BCUT2D eigenvalue weighted by Gasteiger charge is 2.46. The Balaban J connectivity index is 1.68. The van der Waals surface area contributed by atoms with Gasteiger partial charge in [0.15, 0.2) is 11.5 Å². The highest BCUT2D eigenvalue weighted by molar-refractivity contribution is 7.10. The molecule has 1 unspecified atom stereocenters. The summed E-state index contributed by atoms with van der Waals surface area (Å²) in [7, 11) is 3.02. The number of fused-ring (bicyclic) bond motifs is 1. The summed E-state index contributed by atoms with van der Waals surface area (Å²) in [4.78, 5) is 29.2. The van der Waals surface area contributed by atoms with Gasteiger partial charge in [-0.3, -0.25) is 14.5 Å². The van der Waals surface area contributed by atoms with Crippen molar-refractivity contribution in [1.82, 2.24) is 0 Å². The van der Waals surface area contributed by atoms with E-state index < -0.39 is 23.5 Å². The first-order valence-electron chi connectivity index (χ1n) is 10.5. The number of ether oxygens (including phenoxy) is 2. The summed E-state index contributed by atoms with van der Waals surface area (Å²) in [6.07, 6.45) is 0. The van der Waals surface area contributed by atoms with Crippen molar-refractivity contribution in [2.45, 2.75) is 13.0 Å². The van der Waals surface area contributed by atoms with Crippen molar-refractivity contribution in [2.75, 3.05) is 19.1 Å². The Labute approximate surface area is 199 Å². The van der Waals surface area contributed by atoms with E-state index in [1.54, 1.807) is 30.3 Å². The van der Waals surface area contributed by atoms with Crippen LogP contribution < -0.4 is 14.4 Å². The molecular formula is C26H21NO6S. The Hall–Kier alpha value is -4.04. The average molecular weight is 476 g/mol. The van der Waals surface area contributed by atoms with Crippen LogP contribution >= 0.6 is 11.3 Å². The van der Waals surface area contributed by atoms with Gasteiger partial charge in [-0.05, 0) is 36.1 Å². The Bertz CT molecular complexity index is 1410. The predicted molar refractivity (Wildman–Crippen MR) is 129 cm³/mol. The molecule has 172 valence electrons. The van der Waals surface area contributed by atoms with Crippen LogP contribution in [-0.2, 0) is 4.79 Å². The Morgan fingerprint density at radius 2 is 1.76 bits per heavy atom. The summed E-state index contributed by atoms with van der Waals surface area (Å²) in [6.45, 7) is 1.90. The number of methoxy groups -OCH3 is 2. The molecule has 1 N–H and O–H groups in total. The fourth-order valence-corrected chi connectivity index (χ4v) is 5.20. The number of nitrogens with zero attached hydrogens (tertiary/aromatic N) is 1. The summed E-state index contributed by atoms with van der Waals surface area (Å²) >= 11 is 1.41. The number of thiophene rings is 1. The third-order valence-electron chi connectivity index (χ3n) is 5.87. The van der Waals surface area contributed by atoms with E-state index in [0.717, 1.165) is 15.8 Å². The molecule has 0 saturated carbocycles. The first-order valence-corrected chi connectivity index (χ1v) is 11.4. The topological polar surface area (TPSA) is 89.2 Å². The molecule has 0 radical (unpaired) electrons. The van der Waals surface area contributed by atoms with Gasteiger partial charge in [0.05, 0.1) is 25.5 Å². The number of amides is 1. The third-order valence-corrected chi connectivity index (χ3v) is 6.94.